The van der Waals surface area contributed by atoms with Crippen molar-refractivity contribution in [2.45, 2.75) is 13.0 Å². The van der Waals surface area contributed by atoms with Gasteiger partial charge in [0.05, 0.1) is 11.8 Å². The Morgan fingerprint density at radius 2 is 1.64 bits per heavy atom. The van der Waals surface area contributed by atoms with Crippen molar-refractivity contribution in [2.24, 2.45) is 5.73 Å². The number of primary amides is 1. The van der Waals surface area contributed by atoms with Crippen LogP contribution in [0.4, 0.5) is 16.2 Å². The summed E-state index contributed by atoms with van der Waals surface area (Å²) in [7, 11) is -3.42. The molecule has 0 heterocycles. The highest BCUT2D eigenvalue weighted by Crippen LogP contribution is 2.16. The van der Waals surface area contributed by atoms with E-state index in [9.17, 15) is 22.8 Å². The number of nitrogens with one attached hydrogen (secondary N) is 2. The Labute approximate surface area is 161 Å². The zero-order valence-corrected chi connectivity index (χ0v) is 15.9. The first-order valence-corrected chi connectivity index (χ1v) is 9.94. The van der Waals surface area contributed by atoms with Crippen LogP contribution in [0.2, 0.25) is 0 Å². The molecule has 148 valence electrons. The minimum atomic E-state index is -3.42. The van der Waals surface area contributed by atoms with Gasteiger partial charge in [0.2, 0.25) is 15.8 Å². The molecule has 0 saturated heterocycles. The Morgan fingerprint density at radius 3 is 2.21 bits per heavy atom. The Balaban J connectivity index is 2.05. The molecule has 0 aromatic heterocycles. The number of amides is 2. The molecule has 1 atom stereocenters. The van der Waals surface area contributed by atoms with Gasteiger partial charge < -0.3 is 15.8 Å². The molecule has 0 aliphatic heterocycles. The Hall–Kier alpha value is -3.40. The second kappa shape index (κ2) is 8.53. The number of sulfonamides is 1. The summed E-state index contributed by atoms with van der Waals surface area (Å²) in [5.41, 5.74) is 6.04. The van der Waals surface area contributed by atoms with E-state index in [4.69, 9.17) is 10.5 Å². The number of nitrogens with two attached hydrogens (primary N) is 1. The van der Waals surface area contributed by atoms with Gasteiger partial charge in [-0.1, -0.05) is 6.07 Å². The van der Waals surface area contributed by atoms with E-state index in [1.54, 1.807) is 6.07 Å². The van der Waals surface area contributed by atoms with Crippen molar-refractivity contribution in [3.8, 4) is 0 Å². The number of ether oxygens (including phenoxy) is 1. The van der Waals surface area contributed by atoms with Gasteiger partial charge in [0.1, 0.15) is 0 Å². The second-order valence-electron chi connectivity index (χ2n) is 5.93. The first-order valence-electron chi connectivity index (χ1n) is 8.05. The third-order valence-corrected chi connectivity index (χ3v) is 4.10. The average molecular weight is 405 g/mol. The maximum atomic E-state index is 12.4. The Morgan fingerprint density at radius 1 is 1.00 bits per heavy atom. The van der Waals surface area contributed by atoms with E-state index in [1.165, 1.54) is 49.4 Å². The lowest BCUT2D eigenvalue weighted by Crippen LogP contribution is -2.24. The molecule has 2 amide bonds. The third-order valence-electron chi connectivity index (χ3n) is 3.49. The van der Waals surface area contributed by atoms with Gasteiger partial charge >= 0.3 is 12.0 Å². The fraction of sp³-hybridized carbons (Fsp3) is 0.167. The van der Waals surface area contributed by atoms with Crippen LogP contribution in [0, 0.1) is 0 Å². The highest BCUT2D eigenvalue weighted by molar-refractivity contribution is 7.92. The number of anilines is 2. The number of carbonyl (C=O) groups excluding carboxylic acids is 3. The average Bonchev–Trinajstić information content (AvgIpc) is 2.60. The topological polar surface area (TPSA) is 145 Å². The summed E-state index contributed by atoms with van der Waals surface area (Å²) >= 11 is 0. The largest absolute Gasteiger partial charge is 0.451 e. The van der Waals surface area contributed by atoms with E-state index in [0.717, 1.165) is 6.26 Å². The molecular formula is C18H19N3O6S. The standard InChI is InChI=1S/C18H19N3O6S/c1-11(16(22)12-6-8-14(9-7-12)21-28(2,25)26)27-17(23)13-4-3-5-15(10-13)20-18(19)24/h3-11,21H,1-2H3,(H3,19,20,24). The number of carbonyl (C=O) groups is 3. The predicted molar refractivity (Wildman–Crippen MR) is 104 cm³/mol. The zero-order valence-electron chi connectivity index (χ0n) is 15.1. The number of ketones is 1. The molecule has 9 nitrogen and oxygen atoms in total. The van der Waals surface area contributed by atoms with Crippen molar-refractivity contribution in [1.29, 1.82) is 0 Å². The summed E-state index contributed by atoms with van der Waals surface area (Å²) in [6.45, 7) is 1.43. The van der Waals surface area contributed by atoms with Crippen molar-refractivity contribution in [3.63, 3.8) is 0 Å². The first kappa shape index (κ1) is 20.9. The summed E-state index contributed by atoms with van der Waals surface area (Å²) in [6.07, 6.45) is -0.0596. The predicted octanol–water partition coefficient (Wildman–Crippen LogP) is 1.98. The monoisotopic (exact) mass is 405 g/mol. The van der Waals surface area contributed by atoms with Gasteiger partial charge in [-0.05, 0) is 49.4 Å². The van der Waals surface area contributed by atoms with E-state index in [2.05, 4.69) is 10.0 Å². The number of esters is 1. The molecule has 28 heavy (non-hydrogen) atoms. The summed E-state index contributed by atoms with van der Waals surface area (Å²) < 4.78 is 29.9. The molecule has 1 unspecified atom stereocenters. The van der Waals surface area contributed by atoms with Crippen LogP contribution in [0.15, 0.2) is 48.5 Å². The van der Waals surface area contributed by atoms with Gasteiger partial charge in [-0.15, -0.1) is 0 Å². The molecule has 0 fully saturated rings. The minimum Gasteiger partial charge on any atom is -0.451 e. The quantitative estimate of drug-likeness (QED) is 0.474. The Kier molecular flexibility index (Phi) is 6.37. The molecule has 0 radical (unpaired) electrons. The van der Waals surface area contributed by atoms with E-state index >= 15 is 0 Å². The van der Waals surface area contributed by atoms with E-state index in [0.29, 0.717) is 11.4 Å². The van der Waals surface area contributed by atoms with E-state index in [-0.39, 0.29) is 11.1 Å². The van der Waals surface area contributed by atoms with Crippen LogP contribution in [-0.2, 0) is 14.8 Å². The first-order chi connectivity index (χ1) is 13.0. The molecule has 0 saturated carbocycles. The number of Topliss-reactive ketones (excluding diaryl/α,β-unsaturated/α-hetero) is 1. The van der Waals surface area contributed by atoms with Crippen molar-refractivity contribution in [1.82, 2.24) is 0 Å². The molecular weight excluding hydrogens is 386 g/mol. The summed E-state index contributed by atoms with van der Waals surface area (Å²) in [5, 5.41) is 2.34. The van der Waals surface area contributed by atoms with E-state index in [1.807, 2.05) is 0 Å². The lowest BCUT2D eigenvalue weighted by Gasteiger charge is -2.13. The van der Waals surface area contributed by atoms with Crippen molar-refractivity contribution < 1.29 is 27.5 Å². The molecule has 10 heteroatoms. The van der Waals surface area contributed by atoms with Gasteiger partial charge in [0.15, 0.2) is 6.10 Å². The smallest absolute Gasteiger partial charge is 0.338 e. The molecule has 2 aromatic rings. The SMILES string of the molecule is CC(OC(=O)c1cccc(NC(N)=O)c1)C(=O)c1ccc(NS(C)(=O)=O)cc1. The fourth-order valence-corrected chi connectivity index (χ4v) is 2.86. The van der Waals surface area contributed by atoms with Crippen molar-refractivity contribution in [2.75, 3.05) is 16.3 Å². The van der Waals surface area contributed by atoms with Gasteiger partial charge in [0.25, 0.3) is 0 Å². The summed E-state index contributed by atoms with van der Waals surface area (Å²) in [5.74, 6) is -1.20. The molecule has 2 aromatic carbocycles. The van der Waals surface area contributed by atoms with Crippen molar-refractivity contribution in [3.05, 3.63) is 59.7 Å². The van der Waals surface area contributed by atoms with Gasteiger partial charge in [-0.25, -0.2) is 18.0 Å². The second-order valence-corrected chi connectivity index (χ2v) is 7.68. The van der Waals surface area contributed by atoms with E-state index < -0.39 is 33.9 Å². The van der Waals surface area contributed by atoms with Crippen LogP contribution in [0.5, 0.6) is 0 Å². The normalized spacial score (nSPS) is 11.9. The lowest BCUT2D eigenvalue weighted by molar-refractivity contribution is 0.0319. The highest BCUT2D eigenvalue weighted by Gasteiger charge is 2.21. The molecule has 0 spiro atoms. The van der Waals surface area contributed by atoms with Crippen LogP contribution in [0.3, 0.4) is 0 Å². The van der Waals surface area contributed by atoms with Crippen LogP contribution >= 0.6 is 0 Å². The highest BCUT2D eigenvalue weighted by atomic mass is 32.2. The van der Waals surface area contributed by atoms with Crippen LogP contribution in [-0.4, -0.2) is 38.6 Å². The van der Waals surface area contributed by atoms with Gasteiger partial charge in [0, 0.05) is 16.9 Å². The number of urea groups is 1. The zero-order chi connectivity index (χ0) is 20.9. The molecule has 2 rings (SSSR count). The number of hydrogen-bond donors (Lipinski definition) is 3. The van der Waals surface area contributed by atoms with Gasteiger partial charge in [-0.2, -0.15) is 0 Å². The molecule has 0 bridgehead atoms. The third kappa shape index (κ3) is 6.09. The number of hydrogen-bond acceptors (Lipinski definition) is 6. The van der Waals surface area contributed by atoms with Crippen LogP contribution in [0.1, 0.15) is 27.6 Å². The maximum Gasteiger partial charge on any atom is 0.338 e. The molecule has 4 N–H and O–H groups in total. The molecule has 0 aliphatic carbocycles. The number of rotatable bonds is 7. The maximum absolute atomic E-state index is 12.4. The fourth-order valence-electron chi connectivity index (χ4n) is 2.30. The molecule has 0 aliphatic rings. The number of benzene rings is 2. The van der Waals surface area contributed by atoms with Crippen molar-refractivity contribution >= 4 is 39.2 Å². The lowest BCUT2D eigenvalue weighted by atomic mass is 10.1. The summed E-state index contributed by atoms with van der Waals surface area (Å²) in [6, 6.07) is 10.9. The van der Waals surface area contributed by atoms with Crippen LogP contribution < -0.4 is 15.8 Å². The van der Waals surface area contributed by atoms with Gasteiger partial charge in [-0.3, -0.25) is 9.52 Å². The Bertz CT molecular complexity index is 1000. The van der Waals surface area contributed by atoms with Crippen LogP contribution in [0.25, 0.3) is 0 Å². The minimum absolute atomic E-state index is 0.138. The summed E-state index contributed by atoms with van der Waals surface area (Å²) in [4.78, 5) is 35.6.